The van der Waals surface area contributed by atoms with Gasteiger partial charge in [-0.2, -0.15) is 0 Å². The van der Waals surface area contributed by atoms with Gasteiger partial charge in [-0.15, -0.1) is 0 Å². The number of hydrogen-bond donors (Lipinski definition) is 0. The fraction of sp³-hybridized carbons (Fsp3) is 0.231. The van der Waals surface area contributed by atoms with Crippen LogP contribution in [0.5, 0.6) is 0 Å². The predicted molar refractivity (Wildman–Crippen MR) is 113 cm³/mol. The van der Waals surface area contributed by atoms with Gasteiger partial charge in [-0.05, 0) is 77.8 Å². The van der Waals surface area contributed by atoms with Crippen LogP contribution in [0.3, 0.4) is 0 Å². The van der Waals surface area contributed by atoms with E-state index in [1.165, 1.54) is 12.1 Å². The maximum Gasteiger partial charge on any atom is 0.159 e. The molecule has 1 aliphatic carbocycles. The zero-order valence-corrected chi connectivity index (χ0v) is 17.0. The van der Waals surface area contributed by atoms with E-state index in [-0.39, 0.29) is 28.9 Å². The van der Waals surface area contributed by atoms with Crippen LogP contribution >= 0.6 is 0 Å². The highest BCUT2D eigenvalue weighted by Crippen LogP contribution is 2.38. The Morgan fingerprint density at radius 1 is 0.774 bits per heavy atom. The summed E-state index contributed by atoms with van der Waals surface area (Å²) in [5.74, 6) is -4.28. The number of unbranched alkanes of at least 4 members (excludes halogenated alkanes) is 1. The minimum absolute atomic E-state index is 0.0693. The zero-order chi connectivity index (χ0) is 22.1. The molecule has 4 rings (SSSR count). The minimum atomic E-state index is -1.17. The van der Waals surface area contributed by atoms with E-state index in [1.807, 2.05) is 6.07 Å². The first-order valence-corrected chi connectivity index (χ1v) is 10.3. The van der Waals surface area contributed by atoms with Gasteiger partial charge in [-0.3, -0.25) is 0 Å². The van der Waals surface area contributed by atoms with Gasteiger partial charge in [0.15, 0.2) is 11.6 Å². The van der Waals surface area contributed by atoms with E-state index in [4.69, 9.17) is 0 Å². The molecule has 0 fully saturated rings. The summed E-state index contributed by atoms with van der Waals surface area (Å²) in [6.07, 6.45) is 5.05. The van der Waals surface area contributed by atoms with Crippen molar-refractivity contribution in [1.82, 2.24) is 0 Å². The molecule has 3 aromatic carbocycles. The van der Waals surface area contributed by atoms with Gasteiger partial charge in [0.2, 0.25) is 0 Å². The zero-order valence-electron chi connectivity index (χ0n) is 17.0. The summed E-state index contributed by atoms with van der Waals surface area (Å²) in [6.45, 7) is 2.07. The first-order valence-electron chi connectivity index (χ1n) is 10.3. The Morgan fingerprint density at radius 3 is 2.29 bits per heavy atom. The van der Waals surface area contributed by atoms with E-state index in [0.717, 1.165) is 43.0 Å². The molecular formula is C26H21F5. The van der Waals surface area contributed by atoms with Crippen LogP contribution in [0.4, 0.5) is 22.0 Å². The van der Waals surface area contributed by atoms with Crippen molar-refractivity contribution in [3.8, 4) is 11.1 Å². The molecule has 0 unspecified atom stereocenters. The molecule has 1 aliphatic rings. The normalized spacial score (nSPS) is 13.2. The third kappa shape index (κ3) is 4.14. The third-order valence-electron chi connectivity index (χ3n) is 5.73. The Hall–Kier alpha value is -2.95. The molecule has 0 bridgehead atoms. The molecule has 0 heterocycles. The van der Waals surface area contributed by atoms with Crippen molar-refractivity contribution < 1.29 is 22.0 Å². The summed E-state index contributed by atoms with van der Waals surface area (Å²) < 4.78 is 71.4. The summed E-state index contributed by atoms with van der Waals surface area (Å²) in [6, 6.07) is 9.07. The van der Waals surface area contributed by atoms with Crippen molar-refractivity contribution in [2.75, 3.05) is 0 Å². The molecule has 0 saturated heterocycles. The summed E-state index contributed by atoms with van der Waals surface area (Å²) in [5.41, 5.74) is 2.18. The van der Waals surface area contributed by atoms with Crippen molar-refractivity contribution in [2.24, 2.45) is 0 Å². The number of rotatable bonds is 5. The summed E-state index contributed by atoms with van der Waals surface area (Å²) in [4.78, 5) is 0. The molecule has 0 radical (unpaired) electrons. The topological polar surface area (TPSA) is 0 Å². The number of allylic oxidation sites excluding steroid dienone is 1. The van der Waals surface area contributed by atoms with Gasteiger partial charge in [0.05, 0.1) is 5.56 Å². The van der Waals surface area contributed by atoms with Gasteiger partial charge in [0, 0.05) is 5.56 Å². The second-order valence-corrected chi connectivity index (χ2v) is 7.83. The lowest BCUT2D eigenvalue weighted by Crippen LogP contribution is -2.07. The van der Waals surface area contributed by atoms with Gasteiger partial charge >= 0.3 is 0 Å². The average molecular weight is 428 g/mol. The fourth-order valence-electron chi connectivity index (χ4n) is 4.06. The number of aryl methyl sites for hydroxylation is 1. The molecule has 0 spiro atoms. The van der Waals surface area contributed by atoms with Crippen LogP contribution in [0.1, 0.15) is 48.4 Å². The second-order valence-electron chi connectivity index (χ2n) is 7.83. The van der Waals surface area contributed by atoms with E-state index in [1.54, 1.807) is 12.1 Å². The number of hydrogen-bond acceptors (Lipinski definition) is 0. The molecule has 0 aromatic heterocycles. The molecule has 0 saturated carbocycles. The van der Waals surface area contributed by atoms with Crippen LogP contribution in [-0.4, -0.2) is 0 Å². The quantitative estimate of drug-likeness (QED) is 0.363. The van der Waals surface area contributed by atoms with Gasteiger partial charge in [-0.1, -0.05) is 37.6 Å². The van der Waals surface area contributed by atoms with E-state index in [2.05, 4.69) is 6.92 Å². The predicted octanol–water partition coefficient (Wildman–Crippen LogP) is 7.88. The van der Waals surface area contributed by atoms with Gasteiger partial charge in [0.25, 0.3) is 0 Å². The van der Waals surface area contributed by atoms with Crippen molar-refractivity contribution >= 4 is 11.6 Å². The third-order valence-corrected chi connectivity index (χ3v) is 5.73. The van der Waals surface area contributed by atoms with Crippen LogP contribution in [0.2, 0.25) is 0 Å². The number of halogens is 5. The Kier molecular flexibility index (Phi) is 5.94. The standard InChI is InChI=1S/C26H21F5/c1-2-3-4-15-5-8-19(22(28)11-15)16-6-9-20-18(12-16)14-24(30)25(26(20)31)17-7-10-21(27)23(29)13-17/h5,7-8,10-14H,2-4,6,9H2,1H3. The van der Waals surface area contributed by atoms with Crippen molar-refractivity contribution in [3.05, 3.63) is 93.8 Å². The average Bonchev–Trinajstić information content (AvgIpc) is 2.74. The lowest BCUT2D eigenvalue weighted by atomic mass is 9.85. The van der Waals surface area contributed by atoms with Crippen LogP contribution < -0.4 is 0 Å². The molecule has 0 aliphatic heterocycles. The van der Waals surface area contributed by atoms with Crippen molar-refractivity contribution in [1.29, 1.82) is 0 Å². The Morgan fingerprint density at radius 2 is 1.58 bits per heavy atom. The van der Waals surface area contributed by atoms with Crippen molar-refractivity contribution in [2.45, 2.75) is 39.0 Å². The molecule has 0 atom stereocenters. The first kappa shape index (κ1) is 21.3. The van der Waals surface area contributed by atoms with Crippen LogP contribution in [-0.2, 0) is 12.8 Å². The van der Waals surface area contributed by atoms with Gasteiger partial charge in [-0.25, -0.2) is 22.0 Å². The molecule has 5 heteroatoms. The molecule has 160 valence electrons. The maximum absolute atomic E-state index is 15.2. The van der Waals surface area contributed by atoms with E-state index < -0.39 is 23.3 Å². The fourth-order valence-corrected chi connectivity index (χ4v) is 4.06. The van der Waals surface area contributed by atoms with E-state index in [9.17, 15) is 17.6 Å². The number of fused-ring (bicyclic) bond motifs is 1. The Bertz CT molecular complexity index is 1180. The van der Waals surface area contributed by atoms with E-state index in [0.29, 0.717) is 23.1 Å². The highest BCUT2D eigenvalue weighted by Gasteiger charge is 2.24. The molecule has 3 aromatic rings. The Labute approximate surface area is 178 Å². The second kappa shape index (κ2) is 8.66. The highest BCUT2D eigenvalue weighted by molar-refractivity contribution is 5.86. The number of benzene rings is 3. The lowest BCUT2D eigenvalue weighted by molar-refractivity contribution is 0.508. The molecular weight excluding hydrogens is 407 g/mol. The molecule has 0 amide bonds. The molecule has 31 heavy (non-hydrogen) atoms. The SMILES string of the molecule is CCCCc1ccc(C2=Cc3cc(F)c(-c4ccc(F)c(F)c4)c(F)c3CC2)c(F)c1. The minimum Gasteiger partial charge on any atom is -0.206 e. The van der Waals surface area contributed by atoms with Crippen molar-refractivity contribution in [3.63, 3.8) is 0 Å². The summed E-state index contributed by atoms with van der Waals surface area (Å²) in [7, 11) is 0. The molecule has 0 N–H and O–H groups in total. The summed E-state index contributed by atoms with van der Waals surface area (Å²) in [5, 5.41) is 0. The maximum atomic E-state index is 15.2. The van der Waals surface area contributed by atoms with Gasteiger partial charge in [0.1, 0.15) is 17.5 Å². The smallest absolute Gasteiger partial charge is 0.159 e. The van der Waals surface area contributed by atoms with E-state index >= 15 is 4.39 Å². The van der Waals surface area contributed by atoms with Crippen LogP contribution in [0.15, 0.2) is 42.5 Å². The first-order chi connectivity index (χ1) is 14.9. The largest absolute Gasteiger partial charge is 0.206 e. The molecule has 0 nitrogen and oxygen atoms in total. The highest BCUT2D eigenvalue weighted by atomic mass is 19.2. The Balaban J connectivity index is 1.72. The van der Waals surface area contributed by atoms with Gasteiger partial charge < -0.3 is 0 Å². The summed E-state index contributed by atoms with van der Waals surface area (Å²) >= 11 is 0. The monoisotopic (exact) mass is 428 g/mol. The van der Waals surface area contributed by atoms with Crippen LogP contribution in [0, 0.1) is 29.1 Å². The lowest BCUT2D eigenvalue weighted by Gasteiger charge is -2.20. The van der Waals surface area contributed by atoms with Crippen LogP contribution in [0.25, 0.3) is 22.8 Å².